The van der Waals surface area contributed by atoms with Gasteiger partial charge in [-0.1, -0.05) is 24.3 Å². The summed E-state index contributed by atoms with van der Waals surface area (Å²) in [4.78, 5) is 23.1. The van der Waals surface area contributed by atoms with E-state index < -0.39 is 51.4 Å². The van der Waals surface area contributed by atoms with E-state index in [1.54, 1.807) is 24.3 Å². The molecular weight excluding hydrogens is 630 g/mol. The van der Waals surface area contributed by atoms with Gasteiger partial charge in [-0.25, -0.2) is 17.8 Å². The number of methoxy groups -OCH3 is 1. The summed E-state index contributed by atoms with van der Waals surface area (Å²) in [6.45, 7) is 1.56. The van der Waals surface area contributed by atoms with Crippen molar-refractivity contribution >= 4 is 33.4 Å². The topological polar surface area (TPSA) is 129 Å². The Balaban J connectivity index is 1.46. The number of carbonyl (C=O) groups excluding carboxylic acids is 1. The van der Waals surface area contributed by atoms with Crippen molar-refractivity contribution in [2.45, 2.75) is 43.6 Å². The van der Waals surface area contributed by atoms with E-state index in [-0.39, 0.29) is 35.4 Å². The second-order valence-corrected chi connectivity index (χ2v) is 13.6. The number of aromatic nitrogens is 2. The molecule has 11 nitrogen and oxygen atoms in total. The predicted octanol–water partition coefficient (Wildman–Crippen LogP) is 4.18. The maximum absolute atomic E-state index is 15.0. The van der Waals surface area contributed by atoms with Crippen molar-refractivity contribution in [2.24, 2.45) is 0 Å². The highest BCUT2D eigenvalue weighted by Gasteiger charge is 2.41. The molecule has 2 aromatic carbocycles. The molecule has 0 saturated carbocycles. The zero-order valence-corrected chi connectivity index (χ0v) is 26.5. The van der Waals surface area contributed by atoms with E-state index in [2.05, 4.69) is 30.8 Å². The molecule has 0 radical (unpaired) electrons. The largest absolute Gasteiger partial charge is 0.494 e. The van der Waals surface area contributed by atoms with Crippen LogP contribution >= 0.6 is 0 Å². The summed E-state index contributed by atoms with van der Waals surface area (Å²) in [5.41, 5.74) is 0.0348. The molecule has 46 heavy (non-hydrogen) atoms. The van der Waals surface area contributed by atoms with Gasteiger partial charge in [-0.05, 0) is 56.6 Å². The summed E-state index contributed by atoms with van der Waals surface area (Å²) in [6, 6.07) is 7.45. The van der Waals surface area contributed by atoms with Crippen molar-refractivity contribution < 1.29 is 35.5 Å². The fourth-order valence-electron chi connectivity index (χ4n) is 5.83. The number of nitrogens with zero attached hydrogens (tertiary/aromatic N) is 4. The summed E-state index contributed by atoms with van der Waals surface area (Å²) in [5, 5.41) is 8.44. The number of benzene rings is 2. The highest BCUT2D eigenvalue weighted by molar-refractivity contribution is 7.88. The molecule has 1 fully saturated rings. The molecule has 1 amide bonds. The van der Waals surface area contributed by atoms with Crippen molar-refractivity contribution in [2.75, 3.05) is 51.2 Å². The third-order valence-corrected chi connectivity index (χ3v) is 9.63. The van der Waals surface area contributed by atoms with E-state index >= 15 is 4.39 Å². The normalized spacial score (nSPS) is 19.2. The SMILES string of the molecule is COc1cc(F)c(C(=O)NC2CCN(C)CC2)cc1Nc1ncc(C(F)(F)F)c(N[C@@H]2Cc3ccccc3[C@@H]2N(C)S(C)(=O)=O)n1. The van der Waals surface area contributed by atoms with Gasteiger partial charge in [0.2, 0.25) is 16.0 Å². The van der Waals surface area contributed by atoms with Crippen LogP contribution in [0.4, 0.5) is 35.0 Å². The van der Waals surface area contributed by atoms with Crippen LogP contribution < -0.4 is 20.7 Å². The molecular formula is C30H35F4N7O4S. The van der Waals surface area contributed by atoms with E-state index in [0.717, 1.165) is 35.3 Å². The molecule has 3 aromatic rings. The van der Waals surface area contributed by atoms with Crippen LogP contribution in [0.25, 0.3) is 0 Å². The standard InChI is InChI=1S/C30H35F4N7O4S/c1-40-11-9-18(10-12-40)36-28(42)20-14-23(25(45-3)15-22(20)31)38-29-35-16-21(30(32,33)34)27(39-29)37-24-13-17-7-5-6-8-19(17)26(24)41(2)46(4,43)44/h5-8,14-16,18,24,26H,9-13H2,1-4H3,(H,36,42)(H2,35,37,38,39)/t24-,26+/m1/s1. The quantitative estimate of drug-likeness (QED) is 0.289. The van der Waals surface area contributed by atoms with Crippen LogP contribution in [0, 0.1) is 5.82 Å². The monoisotopic (exact) mass is 665 g/mol. The number of likely N-dealkylation sites (tertiary alicyclic amines) is 1. The highest BCUT2D eigenvalue weighted by atomic mass is 32.2. The molecule has 248 valence electrons. The first kappa shape index (κ1) is 33.3. The predicted molar refractivity (Wildman–Crippen MR) is 164 cm³/mol. The summed E-state index contributed by atoms with van der Waals surface area (Å²) in [6.07, 6.45) is -1.60. The second kappa shape index (κ2) is 13.0. The van der Waals surface area contributed by atoms with Crippen molar-refractivity contribution in [1.29, 1.82) is 0 Å². The number of rotatable bonds is 9. The van der Waals surface area contributed by atoms with E-state index in [4.69, 9.17) is 4.74 Å². The average molecular weight is 666 g/mol. The van der Waals surface area contributed by atoms with E-state index in [9.17, 15) is 26.4 Å². The van der Waals surface area contributed by atoms with Crippen molar-refractivity contribution in [3.8, 4) is 5.75 Å². The summed E-state index contributed by atoms with van der Waals surface area (Å²) < 4.78 is 88.9. The number of halogens is 4. The lowest BCUT2D eigenvalue weighted by atomic mass is 10.0. The zero-order chi connectivity index (χ0) is 33.4. The Hall–Kier alpha value is -4.02. The van der Waals surface area contributed by atoms with Crippen LogP contribution in [0.5, 0.6) is 5.75 Å². The molecule has 3 N–H and O–H groups in total. The Morgan fingerprint density at radius 2 is 1.85 bits per heavy atom. The summed E-state index contributed by atoms with van der Waals surface area (Å²) >= 11 is 0. The number of anilines is 3. The molecule has 2 aliphatic rings. The first-order valence-corrected chi connectivity index (χ1v) is 16.4. The Morgan fingerprint density at radius 3 is 2.50 bits per heavy atom. The van der Waals surface area contributed by atoms with Gasteiger partial charge in [0.05, 0.1) is 36.7 Å². The first-order chi connectivity index (χ1) is 21.7. The van der Waals surface area contributed by atoms with Gasteiger partial charge < -0.3 is 25.6 Å². The minimum Gasteiger partial charge on any atom is -0.494 e. The first-order valence-electron chi connectivity index (χ1n) is 14.5. The molecule has 5 rings (SSSR count). The number of ether oxygens (including phenoxy) is 1. The lowest BCUT2D eigenvalue weighted by Crippen LogP contribution is -2.43. The molecule has 0 bridgehead atoms. The maximum atomic E-state index is 15.0. The van der Waals surface area contributed by atoms with Crippen molar-refractivity contribution in [1.82, 2.24) is 24.5 Å². The van der Waals surface area contributed by atoms with E-state index in [0.29, 0.717) is 24.6 Å². The van der Waals surface area contributed by atoms with E-state index in [1.807, 2.05) is 7.05 Å². The third kappa shape index (κ3) is 7.18. The average Bonchev–Trinajstić information content (AvgIpc) is 3.35. The van der Waals surface area contributed by atoms with Gasteiger partial charge in [0, 0.05) is 25.4 Å². The number of alkyl halides is 3. The number of amides is 1. The highest BCUT2D eigenvalue weighted by Crippen LogP contribution is 2.41. The van der Waals surface area contributed by atoms with Gasteiger partial charge in [-0.2, -0.15) is 22.5 Å². The smallest absolute Gasteiger partial charge is 0.421 e. The molecule has 2 heterocycles. The van der Waals surface area contributed by atoms with Crippen LogP contribution in [-0.2, 0) is 22.6 Å². The fraction of sp³-hybridized carbons (Fsp3) is 0.433. The number of carbonyl (C=O) groups is 1. The maximum Gasteiger partial charge on any atom is 0.421 e. The van der Waals surface area contributed by atoms with Crippen molar-refractivity contribution in [3.05, 3.63) is 70.7 Å². The Bertz CT molecular complexity index is 1720. The van der Waals surface area contributed by atoms with Crippen LogP contribution in [0.3, 0.4) is 0 Å². The molecule has 16 heteroatoms. The van der Waals surface area contributed by atoms with Gasteiger partial charge >= 0.3 is 6.18 Å². The Kier molecular flexibility index (Phi) is 9.42. The number of sulfonamides is 1. The number of likely N-dealkylation sites (N-methyl/N-ethyl adjacent to an activating group) is 1. The molecule has 1 aliphatic carbocycles. The van der Waals surface area contributed by atoms with Gasteiger partial charge in [-0.15, -0.1) is 0 Å². The summed E-state index contributed by atoms with van der Waals surface area (Å²) in [7, 11) is 0.889. The number of nitrogens with one attached hydrogen (secondary N) is 3. The Morgan fingerprint density at radius 1 is 1.15 bits per heavy atom. The van der Waals surface area contributed by atoms with Crippen LogP contribution in [0.15, 0.2) is 42.6 Å². The fourth-order valence-corrected chi connectivity index (χ4v) is 6.50. The van der Waals surface area contributed by atoms with Gasteiger partial charge in [0.25, 0.3) is 5.91 Å². The van der Waals surface area contributed by atoms with E-state index in [1.165, 1.54) is 20.2 Å². The lowest BCUT2D eigenvalue weighted by Gasteiger charge is -2.30. The second-order valence-electron chi connectivity index (χ2n) is 11.5. The number of hydrogen-bond acceptors (Lipinski definition) is 9. The molecule has 2 atom stereocenters. The van der Waals surface area contributed by atoms with Crippen LogP contribution in [0.2, 0.25) is 0 Å². The van der Waals surface area contributed by atoms with Crippen LogP contribution in [-0.4, -0.2) is 86.1 Å². The zero-order valence-electron chi connectivity index (χ0n) is 25.7. The number of fused-ring (bicyclic) bond motifs is 1. The molecule has 1 saturated heterocycles. The van der Waals surface area contributed by atoms with Gasteiger partial charge in [0.15, 0.2) is 0 Å². The van der Waals surface area contributed by atoms with Gasteiger partial charge in [0.1, 0.15) is 22.9 Å². The molecule has 1 aliphatic heterocycles. The summed E-state index contributed by atoms with van der Waals surface area (Å²) in [5.74, 6) is -2.41. The molecule has 0 spiro atoms. The number of piperidine rings is 1. The van der Waals surface area contributed by atoms with Gasteiger partial charge in [-0.3, -0.25) is 4.79 Å². The Labute approximate surface area is 264 Å². The van der Waals surface area contributed by atoms with Crippen LogP contribution in [0.1, 0.15) is 45.9 Å². The molecule has 1 aromatic heterocycles. The minimum atomic E-state index is -4.85. The number of hydrogen-bond donors (Lipinski definition) is 3. The minimum absolute atomic E-state index is 0.0348. The lowest BCUT2D eigenvalue weighted by molar-refractivity contribution is -0.137. The van der Waals surface area contributed by atoms with Crippen molar-refractivity contribution in [3.63, 3.8) is 0 Å². The third-order valence-electron chi connectivity index (χ3n) is 8.36. The molecule has 0 unspecified atom stereocenters.